The predicted molar refractivity (Wildman–Crippen MR) is 176 cm³/mol. The lowest BCUT2D eigenvalue weighted by Gasteiger charge is -2.28. The Morgan fingerprint density at radius 3 is 2.20 bits per heavy atom. The van der Waals surface area contributed by atoms with Crippen molar-refractivity contribution in [3.8, 4) is 5.75 Å². The normalized spacial score (nSPS) is 16.2. The smallest absolute Gasteiger partial charge is 0.224 e. The monoisotopic (exact) mass is 610 g/mol. The van der Waals surface area contributed by atoms with E-state index in [2.05, 4.69) is 62.2 Å². The molecule has 1 atom stereocenters. The van der Waals surface area contributed by atoms with E-state index in [1.807, 2.05) is 29.3 Å². The number of allylic oxidation sites excluding steroid dienone is 1. The second kappa shape index (κ2) is 18.1. The van der Waals surface area contributed by atoms with Crippen molar-refractivity contribution >= 4 is 34.8 Å². The standard InChI is InChI=1S/C35H50N2O2.BrH/c1-5-6-7-8-9-10-11-12-13-14-22-39-34-20-18-31(19-21-34)27-37(30(3)38)33-17-15-16-32(23-33)25-35(4)24-29(2)26-36-28-35;/h15-21,23-24,26H,5-14,22,25,27-28H2,1-4H3;1H. The van der Waals surface area contributed by atoms with Crippen LogP contribution in [0.1, 0.15) is 103 Å². The van der Waals surface area contributed by atoms with Crippen molar-refractivity contribution in [2.45, 2.75) is 105 Å². The highest BCUT2D eigenvalue weighted by Crippen LogP contribution is 2.30. The molecule has 1 heterocycles. The summed E-state index contributed by atoms with van der Waals surface area (Å²) in [6.07, 6.45) is 18.4. The van der Waals surface area contributed by atoms with E-state index in [0.29, 0.717) is 6.54 Å². The molecule has 0 radical (unpaired) electrons. The highest BCUT2D eigenvalue weighted by Gasteiger charge is 2.24. The quantitative estimate of drug-likeness (QED) is 0.167. The maximum atomic E-state index is 12.6. The van der Waals surface area contributed by atoms with Gasteiger partial charge in [0.2, 0.25) is 5.91 Å². The summed E-state index contributed by atoms with van der Waals surface area (Å²) in [6.45, 7) is 10.4. The van der Waals surface area contributed by atoms with E-state index in [1.165, 1.54) is 68.9 Å². The first-order chi connectivity index (χ1) is 18.9. The Hall–Kier alpha value is -2.40. The number of ether oxygens (including phenoxy) is 1. The number of hydrogen-bond acceptors (Lipinski definition) is 3. The highest BCUT2D eigenvalue weighted by atomic mass is 79.9. The van der Waals surface area contributed by atoms with Crippen molar-refractivity contribution in [2.24, 2.45) is 10.4 Å². The summed E-state index contributed by atoms with van der Waals surface area (Å²) >= 11 is 0. The summed E-state index contributed by atoms with van der Waals surface area (Å²) in [6, 6.07) is 16.6. The number of anilines is 1. The number of amides is 1. The van der Waals surface area contributed by atoms with Crippen molar-refractivity contribution in [3.63, 3.8) is 0 Å². The molecule has 0 saturated heterocycles. The van der Waals surface area contributed by atoms with Crippen LogP contribution < -0.4 is 9.64 Å². The fourth-order valence-corrected chi connectivity index (χ4v) is 5.48. The van der Waals surface area contributed by atoms with E-state index < -0.39 is 0 Å². The van der Waals surface area contributed by atoms with E-state index in [9.17, 15) is 4.79 Å². The van der Waals surface area contributed by atoms with Crippen molar-refractivity contribution in [3.05, 3.63) is 71.3 Å². The van der Waals surface area contributed by atoms with E-state index in [4.69, 9.17) is 4.74 Å². The molecule has 1 aliphatic heterocycles. The number of halogens is 1. The van der Waals surface area contributed by atoms with Crippen LogP contribution in [-0.2, 0) is 17.8 Å². The number of aliphatic imine (C=N–C) groups is 1. The molecule has 0 fully saturated rings. The van der Waals surface area contributed by atoms with Gasteiger partial charge in [0, 0.05) is 30.8 Å². The minimum absolute atomic E-state index is 0. The first kappa shape index (κ1) is 33.8. The van der Waals surface area contributed by atoms with Crippen LogP contribution in [0.25, 0.3) is 0 Å². The van der Waals surface area contributed by atoms with Crippen LogP contribution in [0.3, 0.4) is 0 Å². The Labute approximate surface area is 254 Å². The van der Waals surface area contributed by atoms with Gasteiger partial charge in [-0.25, -0.2) is 0 Å². The molecule has 5 heteroatoms. The van der Waals surface area contributed by atoms with Gasteiger partial charge < -0.3 is 9.64 Å². The van der Waals surface area contributed by atoms with Crippen LogP contribution in [-0.4, -0.2) is 25.3 Å². The van der Waals surface area contributed by atoms with Crippen LogP contribution >= 0.6 is 17.0 Å². The van der Waals surface area contributed by atoms with Gasteiger partial charge in [-0.05, 0) is 60.7 Å². The van der Waals surface area contributed by atoms with Gasteiger partial charge >= 0.3 is 0 Å². The van der Waals surface area contributed by atoms with Gasteiger partial charge in [0.05, 0.1) is 13.2 Å². The summed E-state index contributed by atoms with van der Waals surface area (Å²) < 4.78 is 5.98. The molecule has 0 aliphatic carbocycles. The Morgan fingerprint density at radius 2 is 1.57 bits per heavy atom. The molecule has 40 heavy (non-hydrogen) atoms. The largest absolute Gasteiger partial charge is 0.494 e. The molecule has 3 rings (SSSR count). The molecule has 0 saturated carbocycles. The Balaban J connectivity index is 0.00000560. The summed E-state index contributed by atoms with van der Waals surface area (Å²) in [5.74, 6) is 0.940. The Bertz CT molecular complexity index is 1080. The third kappa shape index (κ3) is 12.0. The Kier molecular flexibility index (Phi) is 15.3. The summed E-state index contributed by atoms with van der Waals surface area (Å²) in [4.78, 5) is 19.0. The van der Waals surface area contributed by atoms with Gasteiger partial charge in [-0.1, -0.05) is 102 Å². The topological polar surface area (TPSA) is 41.9 Å². The number of carbonyl (C=O) groups is 1. The number of nitrogens with zero attached hydrogens (tertiary/aromatic N) is 2. The fourth-order valence-electron chi connectivity index (χ4n) is 5.48. The molecule has 2 aromatic carbocycles. The lowest BCUT2D eigenvalue weighted by atomic mass is 9.81. The lowest BCUT2D eigenvalue weighted by molar-refractivity contribution is -0.116. The van der Waals surface area contributed by atoms with Gasteiger partial charge in [0.25, 0.3) is 0 Å². The second-order valence-corrected chi connectivity index (χ2v) is 11.6. The zero-order valence-electron chi connectivity index (χ0n) is 25.3. The molecule has 2 aromatic rings. The minimum Gasteiger partial charge on any atom is -0.494 e. The first-order valence-corrected chi connectivity index (χ1v) is 15.2. The number of dihydropyridines is 1. The zero-order valence-corrected chi connectivity index (χ0v) is 27.0. The zero-order chi connectivity index (χ0) is 27.9. The van der Waals surface area contributed by atoms with E-state index in [0.717, 1.165) is 43.0 Å². The predicted octanol–water partition coefficient (Wildman–Crippen LogP) is 9.70. The highest BCUT2D eigenvalue weighted by molar-refractivity contribution is 8.93. The van der Waals surface area contributed by atoms with E-state index >= 15 is 0 Å². The summed E-state index contributed by atoms with van der Waals surface area (Å²) in [5, 5.41) is 0. The van der Waals surface area contributed by atoms with Crippen LogP contribution in [0.2, 0.25) is 0 Å². The van der Waals surface area contributed by atoms with Crippen LogP contribution in [0.5, 0.6) is 5.75 Å². The molecular formula is C35H51BrN2O2. The van der Waals surface area contributed by atoms with Crippen LogP contribution in [0.4, 0.5) is 5.69 Å². The molecule has 0 spiro atoms. The second-order valence-electron chi connectivity index (χ2n) is 11.6. The van der Waals surface area contributed by atoms with Crippen LogP contribution in [0, 0.1) is 5.41 Å². The molecule has 1 unspecified atom stereocenters. The molecule has 4 nitrogen and oxygen atoms in total. The average Bonchev–Trinajstić information content (AvgIpc) is 2.90. The van der Waals surface area contributed by atoms with Gasteiger partial charge in [-0.15, -0.1) is 17.0 Å². The minimum atomic E-state index is 0. The molecular weight excluding hydrogens is 560 g/mol. The number of carbonyl (C=O) groups excluding carboxylic acids is 1. The van der Waals surface area contributed by atoms with Crippen molar-refractivity contribution in [1.29, 1.82) is 0 Å². The third-order valence-electron chi connectivity index (χ3n) is 7.56. The molecule has 220 valence electrons. The van der Waals surface area contributed by atoms with Gasteiger partial charge in [0.1, 0.15) is 5.75 Å². The van der Waals surface area contributed by atoms with Crippen molar-refractivity contribution < 1.29 is 9.53 Å². The number of unbranched alkanes of at least 4 members (excludes halogenated alkanes) is 9. The number of benzene rings is 2. The van der Waals surface area contributed by atoms with E-state index in [1.54, 1.807) is 6.92 Å². The molecule has 1 aliphatic rings. The fraction of sp³-hybridized carbons (Fsp3) is 0.543. The Morgan fingerprint density at radius 1 is 0.925 bits per heavy atom. The number of rotatable bonds is 17. The summed E-state index contributed by atoms with van der Waals surface area (Å²) in [5.41, 5.74) is 4.46. The molecule has 1 amide bonds. The molecule has 0 N–H and O–H groups in total. The first-order valence-electron chi connectivity index (χ1n) is 15.2. The van der Waals surface area contributed by atoms with Crippen LogP contribution in [0.15, 0.2) is 65.2 Å². The molecule has 0 bridgehead atoms. The lowest BCUT2D eigenvalue weighted by Crippen LogP contribution is -2.28. The molecule has 0 aromatic heterocycles. The third-order valence-corrected chi connectivity index (χ3v) is 7.56. The summed E-state index contributed by atoms with van der Waals surface area (Å²) in [7, 11) is 0. The van der Waals surface area contributed by atoms with Gasteiger partial charge in [-0.2, -0.15) is 0 Å². The van der Waals surface area contributed by atoms with E-state index in [-0.39, 0.29) is 28.3 Å². The number of hydrogen-bond donors (Lipinski definition) is 0. The van der Waals surface area contributed by atoms with Gasteiger partial charge in [0.15, 0.2) is 0 Å². The van der Waals surface area contributed by atoms with Crippen molar-refractivity contribution in [1.82, 2.24) is 0 Å². The average molecular weight is 612 g/mol. The maximum Gasteiger partial charge on any atom is 0.224 e. The van der Waals surface area contributed by atoms with Crippen molar-refractivity contribution in [2.75, 3.05) is 18.1 Å². The van der Waals surface area contributed by atoms with Gasteiger partial charge in [-0.3, -0.25) is 9.79 Å². The maximum absolute atomic E-state index is 12.6. The SMILES string of the molecule is Br.CCCCCCCCCCCCOc1ccc(CN(C(C)=O)c2cccc(CC3(C)C=C(C)C=NC3)c2)cc1.